The lowest BCUT2D eigenvalue weighted by Gasteiger charge is -2.24. The van der Waals surface area contributed by atoms with E-state index in [-0.39, 0.29) is 32.0 Å². The molecule has 0 rings (SSSR count). The van der Waals surface area contributed by atoms with Gasteiger partial charge in [-0.1, -0.05) is 378 Å². The Morgan fingerprint density at radius 2 is 0.540 bits per heavy atom. The van der Waals surface area contributed by atoms with Gasteiger partial charge in [0.25, 0.3) is 0 Å². The number of phosphoric ester groups is 1. The second-order valence-corrected chi connectivity index (χ2v) is 30.2. The lowest BCUT2D eigenvalue weighted by atomic mass is 10.0. The summed E-state index contributed by atoms with van der Waals surface area (Å²) >= 11 is 0. The van der Waals surface area contributed by atoms with Crippen LogP contribution in [0.2, 0.25) is 0 Å². The maximum absolute atomic E-state index is 12.9. The third kappa shape index (κ3) is 82.8. The molecule has 0 aliphatic heterocycles. The number of nitrogens with zero attached hydrogens (tertiary/aromatic N) is 1. The SMILES string of the molecule is CC/C=C\C/C=C\C/C=C\C/C=C\C/C=C\C/C=C\C/C=C\CCCCCCCCCCCCCCCCCCCCCC(=O)OC(COC(=O)CCCCCCCCCCCCCCCCCCCCC/C=C\C/C=C\C/C=C\C/C=C\C/C=C\CC)COP(=O)(O)OCC[N+](C)(C)C. The Morgan fingerprint density at radius 1 is 0.310 bits per heavy atom. The van der Waals surface area contributed by atoms with E-state index in [0.29, 0.717) is 17.4 Å². The van der Waals surface area contributed by atoms with Gasteiger partial charge in [0.15, 0.2) is 6.10 Å². The van der Waals surface area contributed by atoms with Gasteiger partial charge in [-0.25, -0.2) is 4.57 Å². The van der Waals surface area contributed by atoms with Gasteiger partial charge < -0.3 is 18.9 Å². The van der Waals surface area contributed by atoms with Gasteiger partial charge in [-0.15, -0.1) is 0 Å². The summed E-state index contributed by atoms with van der Waals surface area (Å²) in [6.45, 7) is 4.24. The van der Waals surface area contributed by atoms with Gasteiger partial charge >= 0.3 is 19.8 Å². The van der Waals surface area contributed by atoms with Crippen molar-refractivity contribution in [1.29, 1.82) is 0 Å². The van der Waals surface area contributed by atoms with Gasteiger partial charge in [0, 0.05) is 12.8 Å². The molecule has 0 aromatic carbocycles. The average molecular weight is 1410 g/mol. The molecule has 0 aliphatic carbocycles. The molecular formula is C90H157NO8P+. The molecule has 0 saturated carbocycles. The molecular weight excluding hydrogens is 1250 g/mol. The normalized spacial score (nSPS) is 13.8. The zero-order valence-electron chi connectivity index (χ0n) is 65.6. The van der Waals surface area contributed by atoms with Crippen molar-refractivity contribution in [2.24, 2.45) is 0 Å². The van der Waals surface area contributed by atoms with Crippen molar-refractivity contribution >= 4 is 19.8 Å². The standard InChI is InChI=1S/C90H156NO8P/c1-6-8-10-12-14-16-18-20-22-24-26-28-30-32-34-36-38-40-42-43-44-45-46-47-49-51-53-55-57-59-61-63-65-67-69-71-73-75-77-79-81-83-90(93)99-88(87-98-100(94,95)97-85-84-91(3,4)5)86-96-89(92)82-80-78-76-74-72-70-68-66-64-62-60-58-56-54-52-50-48-41-39-37-35-33-31-29-27-25-23-21-19-17-15-13-11-9-7-2/h8-11,14-17,20-23,26-29,32-35,38,40,43-44,88H,6-7,12-13,18-19,24-25,30-31,36-37,39,41-42,45-87H2,1-5H3/p+1/b10-8-,11-9-,16-14-,17-15-,22-20-,23-21-,28-26-,29-27-,34-32-,35-33-,40-38-,44-43-. The van der Waals surface area contributed by atoms with E-state index in [4.69, 9.17) is 18.5 Å². The maximum atomic E-state index is 12.9. The van der Waals surface area contributed by atoms with Crippen LogP contribution in [0.5, 0.6) is 0 Å². The van der Waals surface area contributed by atoms with E-state index in [1.165, 1.54) is 218 Å². The first kappa shape index (κ1) is 95.9. The van der Waals surface area contributed by atoms with Crippen molar-refractivity contribution in [3.8, 4) is 0 Å². The highest BCUT2D eigenvalue weighted by Crippen LogP contribution is 2.43. The summed E-state index contributed by atoms with van der Waals surface area (Å²) < 4.78 is 34.9. The maximum Gasteiger partial charge on any atom is 0.472 e. The van der Waals surface area contributed by atoms with Gasteiger partial charge in [-0.2, -0.15) is 0 Å². The van der Waals surface area contributed by atoms with Crippen LogP contribution in [0, 0.1) is 0 Å². The fourth-order valence-electron chi connectivity index (χ4n) is 11.6. The number of esters is 2. The Labute approximate surface area is 618 Å². The van der Waals surface area contributed by atoms with Crippen LogP contribution in [0.25, 0.3) is 0 Å². The Balaban J connectivity index is 3.94. The third-order valence-electron chi connectivity index (χ3n) is 17.9. The highest BCUT2D eigenvalue weighted by Gasteiger charge is 2.27. The molecule has 574 valence electrons. The molecule has 0 aromatic rings. The number of carbonyl (C=O) groups excluding carboxylic acids is 2. The molecule has 0 fully saturated rings. The Hall–Kier alpha value is -4.11. The number of likely N-dealkylation sites (N-methyl/N-ethyl adjacent to an activating group) is 1. The first-order valence-electron chi connectivity index (χ1n) is 41.6. The number of phosphoric acid groups is 1. The van der Waals surface area contributed by atoms with E-state index in [1.54, 1.807) is 0 Å². The summed E-state index contributed by atoms with van der Waals surface area (Å²) in [6, 6.07) is 0. The van der Waals surface area contributed by atoms with Gasteiger partial charge in [0.05, 0.1) is 27.7 Å². The predicted molar refractivity (Wildman–Crippen MR) is 436 cm³/mol. The molecule has 100 heavy (non-hydrogen) atoms. The van der Waals surface area contributed by atoms with Crippen molar-refractivity contribution < 1.29 is 42.1 Å². The lowest BCUT2D eigenvalue weighted by molar-refractivity contribution is -0.870. The molecule has 9 nitrogen and oxygen atoms in total. The molecule has 0 bridgehead atoms. The minimum absolute atomic E-state index is 0.0295. The average Bonchev–Trinajstić information content (AvgIpc) is 1.30. The minimum atomic E-state index is -4.40. The summed E-state index contributed by atoms with van der Waals surface area (Å²) in [4.78, 5) is 36.0. The number of quaternary nitrogens is 1. The second kappa shape index (κ2) is 79.0. The molecule has 0 heterocycles. The van der Waals surface area contributed by atoms with E-state index < -0.39 is 26.5 Å². The highest BCUT2D eigenvalue weighted by molar-refractivity contribution is 7.47. The van der Waals surface area contributed by atoms with Crippen LogP contribution in [-0.4, -0.2) is 74.9 Å². The van der Waals surface area contributed by atoms with Gasteiger partial charge in [-0.3, -0.25) is 18.6 Å². The number of allylic oxidation sites excluding steroid dienone is 24. The van der Waals surface area contributed by atoms with Gasteiger partial charge in [0.1, 0.15) is 19.8 Å². The minimum Gasteiger partial charge on any atom is -0.462 e. The molecule has 10 heteroatoms. The fraction of sp³-hybridized carbons (Fsp3) is 0.711. The summed E-state index contributed by atoms with van der Waals surface area (Å²) in [5.74, 6) is -0.785. The Kier molecular flexibility index (Phi) is 75.8. The zero-order chi connectivity index (χ0) is 72.5. The summed E-state index contributed by atoms with van der Waals surface area (Å²) in [5.41, 5.74) is 0. The van der Waals surface area contributed by atoms with Crippen LogP contribution in [0.4, 0.5) is 0 Å². The number of hydrogen-bond acceptors (Lipinski definition) is 7. The van der Waals surface area contributed by atoms with E-state index in [9.17, 15) is 19.0 Å². The fourth-order valence-corrected chi connectivity index (χ4v) is 12.4. The van der Waals surface area contributed by atoms with Crippen molar-refractivity contribution in [3.05, 3.63) is 146 Å². The number of ether oxygens (including phenoxy) is 2. The summed E-state index contributed by atoms with van der Waals surface area (Å²) in [5, 5.41) is 0. The molecule has 0 aliphatic rings. The van der Waals surface area contributed by atoms with Crippen molar-refractivity contribution in [2.45, 2.75) is 367 Å². The molecule has 2 atom stereocenters. The number of unbranched alkanes of at least 4 members (excludes halogenated alkanes) is 38. The molecule has 2 unspecified atom stereocenters. The zero-order valence-corrected chi connectivity index (χ0v) is 66.5. The largest absolute Gasteiger partial charge is 0.472 e. The summed E-state index contributed by atoms with van der Waals surface area (Å²) in [7, 11) is 1.48. The molecule has 0 spiro atoms. The Bertz CT molecular complexity index is 2210. The monoisotopic (exact) mass is 1410 g/mol. The van der Waals surface area contributed by atoms with Crippen LogP contribution in [0.3, 0.4) is 0 Å². The molecule has 0 saturated heterocycles. The van der Waals surface area contributed by atoms with Gasteiger partial charge in [-0.05, 0) is 116 Å². The smallest absolute Gasteiger partial charge is 0.462 e. The van der Waals surface area contributed by atoms with Crippen LogP contribution in [0.15, 0.2) is 146 Å². The van der Waals surface area contributed by atoms with Crippen LogP contribution < -0.4 is 0 Å². The third-order valence-corrected chi connectivity index (χ3v) is 18.8. The van der Waals surface area contributed by atoms with E-state index in [2.05, 4.69) is 160 Å². The van der Waals surface area contributed by atoms with Crippen molar-refractivity contribution in [1.82, 2.24) is 0 Å². The van der Waals surface area contributed by atoms with Crippen LogP contribution in [-0.2, 0) is 32.7 Å². The number of carbonyl (C=O) groups is 2. The second-order valence-electron chi connectivity index (χ2n) is 28.7. The molecule has 1 N–H and O–H groups in total. The van der Waals surface area contributed by atoms with Gasteiger partial charge in [0.2, 0.25) is 0 Å². The molecule has 0 radical (unpaired) electrons. The first-order chi connectivity index (χ1) is 49.0. The molecule has 0 amide bonds. The van der Waals surface area contributed by atoms with Crippen LogP contribution >= 0.6 is 7.82 Å². The quantitative estimate of drug-likeness (QED) is 0.0211. The highest BCUT2D eigenvalue weighted by atomic mass is 31.2. The van der Waals surface area contributed by atoms with E-state index in [0.717, 1.165) is 109 Å². The summed E-state index contributed by atoms with van der Waals surface area (Å²) in [6.07, 6.45) is 117. The first-order valence-corrected chi connectivity index (χ1v) is 43.1. The van der Waals surface area contributed by atoms with Crippen molar-refractivity contribution in [3.63, 3.8) is 0 Å². The number of rotatable bonds is 76. The van der Waals surface area contributed by atoms with E-state index in [1.807, 2.05) is 21.1 Å². The molecule has 0 aromatic heterocycles. The predicted octanol–water partition coefficient (Wildman–Crippen LogP) is 28.1. The number of hydrogen-bond donors (Lipinski definition) is 1. The van der Waals surface area contributed by atoms with Crippen LogP contribution in [0.1, 0.15) is 361 Å². The van der Waals surface area contributed by atoms with E-state index >= 15 is 0 Å². The topological polar surface area (TPSA) is 108 Å². The van der Waals surface area contributed by atoms with Crippen molar-refractivity contribution in [2.75, 3.05) is 47.5 Å². The Morgan fingerprint density at radius 3 is 0.800 bits per heavy atom. The lowest BCUT2D eigenvalue weighted by Crippen LogP contribution is -2.37.